The first-order valence-electron chi connectivity index (χ1n) is 7.44. The van der Waals surface area contributed by atoms with Crippen LogP contribution in [0, 0.1) is 0 Å². The molecule has 0 heterocycles. The second-order valence-corrected chi connectivity index (χ2v) is 5.37. The number of anilines is 2. The highest BCUT2D eigenvalue weighted by molar-refractivity contribution is 6.08. The fourth-order valence-corrected chi connectivity index (χ4v) is 2.25. The van der Waals surface area contributed by atoms with Crippen molar-refractivity contribution in [3.05, 3.63) is 48.0 Å². The largest absolute Gasteiger partial charge is 0.496 e. The van der Waals surface area contributed by atoms with Gasteiger partial charge in [-0.3, -0.25) is 4.79 Å². The molecule has 0 saturated carbocycles. The summed E-state index contributed by atoms with van der Waals surface area (Å²) in [6, 6.07) is 13.1. The number of hydrogen-bond acceptors (Lipinski definition) is 4. The average Bonchev–Trinajstić information content (AvgIpc) is 2.55. The van der Waals surface area contributed by atoms with Gasteiger partial charge in [-0.25, -0.2) is 0 Å². The first-order chi connectivity index (χ1) is 11.0. The predicted octanol–water partition coefficient (Wildman–Crippen LogP) is 3.78. The highest BCUT2D eigenvalue weighted by Crippen LogP contribution is 2.29. The third-order valence-electron chi connectivity index (χ3n) is 3.25. The minimum absolute atomic E-state index is 0.274. The van der Waals surface area contributed by atoms with Gasteiger partial charge in [0.05, 0.1) is 14.2 Å². The SMILES string of the molecule is COc1cccc(OC)c1C(=O)Nc1ccc(NC(C)C)cc1. The predicted molar refractivity (Wildman–Crippen MR) is 92.7 cm³/mol. The van der Waals surface area contributed by atoms with Crippen molar-refractivity contribution in [3.63, 3.8) is 0 Å². The number of nitrogens with one attached hydrogen (secondary N) is 2. The van der Waals surface area contributed by atoms with Crippen molar-refractivity contribution < 1.29 is 14.3 Å². The molecule has 0 aromatic heterocycles. The molecule has 1 amide bonds. The van der Waals surface area contributed by atoms with E-state index in [1.807, 2.05) is 24.3 Å². The number of benzene rings is 2. The minimum Gasteiger partial charge on any atom is -0.496 e. The van der Waals surface area contributed by atoms with E-state index in [1.54, 1.807) is 18.2 Å². The van der Waals surface area contributed by atoms with Crippen molar-refractivity contribution in [2.75, 3.05) is 24.9 Å². The van der Waals surface area contributed by atoms with Crippen LogP contribution in [0.2, 0.25) is 0 Å². The van der Waals surface area contributed by atoms with Gasteiger partial charge in [0.1, 0.15) is 17.1 Å². The first kappa shape index (κ1) is 16.7. The molecule has 5 nitrogen and oxygen atoms in total. The number of hydrogen-bond donors (Lipinski definition) is 2. The van der Waals surface area contributed by atoms with Gasteiger partial charge in [0.25, 0.3) is 5.91 Å². The second kappa shape index (κ2) is 7.54. The number of ether oxygens (including phenoxy) is 2. The molecule has 0 aliphatic carbocycles. The third-order valence-corrected chi connectivity index (χ3v) is 3.25. The van der Waals surface area contributed by atoms with Gasteiger partial charge in [0, 0.05) is 17.4 Å². The van der Waals surface area contributed by atoms with Gasteiger partial charge < -0.3 is 20.1 Å². The van der Waals surface area contributed by atoms with E-state index in [1.165, 1.54) is 14.2 Å². The number of methoxy groups -OCH3 is 2. The summed E-state index contributed by atoms with van der Waals surface area (Å²) in [5.41, 5.74) is 2.09. The van der Waals surface area contributed by atoms with Crippen LogP contribution < -0.4 is 20.1 Å². The lowest BCUT2D eigenvalue weighted by atomic mass is 10.1. The maximum atomic E-state index is 12.5. The third kappa shape index (κ3) is 4.16. The summed E-state index contributed by atoms with van der Waals surface area (Å²) in [6.45, 7) is 4.15. The zero-order valence-corrected chi connectivity index (χ0v) is 13.8. The number of carbonyl (C=O) groups excluding carboxylic acids is 1. The van der Waals surface area contributed by atoms with Crippen molar-refractivity contribution in [1.82, 2.24) is 0 Å². The molecule has 23 heavy (non-hydrogen) atoms. The molecular formula is C18H22N2O3. The van der Waals surface area contributed by atoms with Gasteiger partial charge in [-0.2, -0.15) is 0 Å². The zero-order chi connectivity index (χ0) is 16.8. The highest BCUT2D eigenvalue weighted by Gasteiger charge is 2.18. The summed E-state index contributed by atoms with van der Waals surface area (Å²) in [6.07, 6.45) is 0. The van der Waals surface area contributed by atoms with Crippen LogP contribution in [0.3, 0.4) is 0 Å². The minimum atomic E-state index is -0.274. The van der Waals surface area contributed by atoms with Crippen molar-refractivity contribution in [2.24, 2.45) is 0 Å². The fraction of sp³-hybridized carbons (Fsp3) is 0.278. The van der Waals surface area contributed by atoms with Gasteiger partial charge in [0.15, 0.2) is 0 Å². The monoisotopic (exact) mass is 314 g/mol. The van der Waals surface area contributed by atoms with Crippen molar-refractivity contribution >= 4 is 17.3 Å². The highest BCUT2D eigenvalue weighted by atomic mass is 16.5. The second-order valence-electron chi connectivity index (χ2n) is 5.37. The average molecular weight is 314 g/mol. The molecule has 0 aliphatic rings. The van der Waals surface area contributed by atoms with Crippen molar-refractivity contribution in [3.8, 4) is 11.5 Å². The Morgan fingerprint density at radius 3 is 1.91 bits per heavy atom. The summed E-state index contributed by atoms with van der Waals surface area (Å²) >= 11 is 0. The van der Waals surface area contributed by atoms with E-state index >= 15 is 0 Å². The number of amides is 1. The maximum Gasteiger partial charge on any atom is 0.263 e. The lowest BCUT2D eigenvalue weighted by Crippen LogP contribution is -2.15. The molecule has 0 saturated heterocycles. The zero-order valence-electron chi connectivity index (χ0n) is 13.8. The number of carbonyl (C=O) groups is 1. The molecule has 2 aromatic rings. The van der Waals surface area contributed by atoms with E-state index < -0.39 is 0 Å². The molecular weight excluding hydrogens is 292 g/mol. The smallest absolute Gasteiger partial charge is 0.263 e. The molecule has 0 bridgehead atoms. The normalized spacial score (nSPS) is 10.3. The Morgan fingerprint density at radius 2 is 1.43 bits per heavy atom. The van der Waals surface area contributed by atoms with Crippen molar-refractivity contribution in [2.45, 2.75) is 19.9 Å². The molecule has 2 rings (SSSR count). The van der Waals surface area contributed by atoms with E-state index in [4.69, 9.17) is 9.47 Å². The van der Waals surface area contributed by atoms with Crippen LogP contribution >= 0.6 is 0 Å². The van der Waals surface area contributed by atoms with Crippen LogP contribution in [0.4, 0.5) is 11.4 Å². The maximum absolute atomic E-state index is 12.5. The van der Waals surface area contributed by atoms with Gasteiger partial charge in [-0.15, -0.1) is 0 Å². The topological polar surface area (TPSA) is 59.6 Å². The molecule has 0 radical (unpaired) electrons. The summed E-state index contributed by atoms with van der Waals surface area (Å²) in [7, 11) is 3.05. The van der Waals surface area contributed by atoms with Crippen LogP contribution in [-0.2, 0) is 0 Å². The molecule has 122 valence electrons. The summed E-state index contributed by atoms with van der Waals surface area (Å²) < 4.78 is 10.5. The molecule has 2 N–H and O–H groups in total. The van der Waals surface area contributed by atoms with Crippen LogP contribution in [0.1, 0.15) is 24.2 Å². The number of rotatable bonds is 6. The van der Waals surface area contributed by atoms with Gasteiger partial charge in [0.2, 0.25) is 0 Å². The first-order valence-corrected chi connectivity index (χ1v) is 7.44. The van der Waals surface area contributed by atoms with Crippen molar-refractivity contribution in [1.29, 1.82) is 0 Å². The van der Waals surface area contributed by atoms with Crippen LogP contribution in [0.15, 0.2) is 42.5 Å². The molecule has 2 aromatic carbocycles. The van der Waals surface area contributed by atoms with Crippen LogP contribution in [0.5, 0.6) is 11.5 Å². The van der Waals surface area contributed by atoms with Gasteiger partial charge in [-0.05, 0) is 50.2 Å². The quantitative estimate of drug-likeness (QED) is 0.852. The van der Waals surface area contributed by atoms with Gasteiger partial charge >= 0.3 is 0 Å². The Kier molecular flexibility index (Phi) is 5.46. The van der Waals surface area contributed by atoms with E-state index in [2.05, 4.69) is 24.5 Å². The van der Waals surface area contributed by atoms with E-state index in [0.717, 1.165) is 5.69 Å². The Balaban J connectivity index is 2.19. The van der Waals surface area contributed by atoms with E-state index in [9.17, 15) is 4.79 Å². The Labute approximate surface area is 136 Å². The molecule has 5 heteroatoms. The summed E-state index contributed by atoms with van der Waals surface area (Å²) in [5.74, 6) is 0.670. The molecule has 0 atom stereocenters. The molecule has 0 fully saturated rings. The standard InChI is InChI=1S/C18H22N2O3/c1-12(2)19-13-8-10-14(11-9-13)20-18(21)17-15(22-3)6-5-7-16(17)23-4/h5-12,19H,1-4H3,(H,20,21). The summed E-state index contributed by atoms with van der Waals surface area (Å²) in [5, 5.41) is 6.16. The Hall–Kier alpha value is -2.69. The van der Waals surface area contributed by atoms with Gasteiger partial charge in [-0.1, -0.05) is 6.07 Å². The fourth-order valence-electron chi connectivity index (χ4n) is 2.25. The van der Waals surface area contributed by atoms with E-state index in [-0.39, 0.29) is 5.91 Å². The van der Waals surface area contributed by atoms with Crippen LogP contribution in [-0.4, -0.2) is 26.2 Å². The Bertz CT molecular complexity index is 644. The van der Waals surface area contributed by atoms with E-state index in [0.29, 0.717) is 28.8 Å². The molecule has 0 aliphatic heterocycles. The van der Waals surface area contributed by atoms with Crippen LogP contribution in [0.25, 0.3) is 0 Å². The lowest BCUT2D eigenvalue weighted by Gasteiger charge is -2.14. The lowest BCUT2D eigenvalue weighted by molar-refractivity contribution is 0.102. The molecule has 0 spiro atoms. The Morgan fingerprint density at radius 1 is 0.913 bits per heavy atom. The summed E-state index contributed by atoms with van der Waals surface area (Å²) in [4.78, 5) is 12.5. The molecule has 0 unspecified atom stereocenters.